The van der Waals surface area contributed by atoms with Gasteiger partial charge in [0.05, 0.1) is 18.8 Å². The summed E-state index contributed by atoms with van der Waals surface area (Å²) in [5, 5.41) is 24.9. The van der Waals surface area contributed by atoms with Crippen LogP contribution in [0, 0.1) is 0 Å². The Labute approximate surface area is 84.3 Å². The molecule has 0 fully saturated rings. The molecule has 0 aromatic heterocycles. The summed E-state index contributed by atoms with van der Waals surface area (Å²) in [6.07, 6.45) is -0.810. The van der Waals surface area contributed by atoms with Crippen molar-refractivity contribution in [3.05, 3.63) is 0 Å². The Morgan fingerprint density at radius 2 is 1.71 bits per heavy atom. The molecule has 0 radical (unpaired) electrons. The van der Waals surface area contributed by atoms with Crippen LogP contribution in [0.1, 0.15) is 27.2 Å². The van der Waals surface area contributed by atoms with E-state index in [1.807, 2.05) is 0 Å². The van der Waals surface area contributed by atoms with Gasteiger partial charge >= 0.3 is 5.97 Å². The first-order valence-electron chi connectivity index (χ1n) is 4.58. The van der Waals surface area contributed by atoms with Gasteiger partial charge in [-0.1, -0.05) is 6.92 Å². The minimum Gasteiger partial charge on any atom is -0.463 e. The first-order valence-corrected chi connectivity index (χ1v) is 4.58. The van der Waals surface area contributed by atoms with Gasteiger partial charge in [0.25, 0.3) is 0 Å². The number of carbonyl (C=O) groups excluding carboxylic acids is 1. The van der Waals surface area contributed by atoms with E-state index in [4.69, 9.17) is 15.3 Å². The molecule has 0 aliphatic carbocycles. The Kier molecular flexibility index (Phi) is 11.8. The fraction of sp³-hybridized carbons (Fsp3) is 0.889. The molecule has 3 N–H and O–H groups in total. The van der Waals surface area contributed by atoms with Crippen molar-refractivity contribution in [2.24, 2.45) is 0 Å². The summed E-state index contributed by atoms with van der Waals surface area (Å²) in [6, 6.07) is 0. The number of aliphatic hydroxyl groups excluding tert-OH is 3. The average Bonchev–Trinajstić information content (AvgIpc) is 2.14. The van der Waals surface area contributed by atoms with Crippen LogP contribution in [0.5, 0.6) is 0 Å². The van der Waals surface area contributed by atoms with Gasteiger partial charge in [-0.15, -0.1) is 0 Å². The smallest absolute Gasteiger partial charge is 0.305 e. The highest BCUT2D eigenvalue weighted by molar-refractivity contribution is 5.68. The summed E-state index contributed by atoms with van der Waals surface area (Å²) in [5.74, 6) is -0.265. The minimum atomic E-state index is -0.593. The van der Waals surface area contributed by atoms with E-state index in [-0.39, 0.29) is 19.2 Å². The second kappa shape index (κ2) is 10.4. The second-order valence-corrected chi connectivity index (χ2v) is 2.78. The minimum absolute atomic E-state index is 0.0915. The van der Waals surface area contributed by atoms with Gasteiger partial charge in [0.15, 0.2) is 0 Å². The fourth-order valence-corrected chi connectivity index (χ4v) is 0.262. The van der Waals surface area contributed by atoms with Gasteiger partial charge in [-0.05, 0) is 13.8 Å². The van der Waals surface area contributed by atoms with Crippen molar-refractivity contribution in [3.8, 4) is 0 Å². The van der Waals surface area contributed by atoms with Crippen molar-refractivity contribution in [1.29, 1.82) is 0 Å². The van der Waals surface area contributed by atoms with E-state index in [1.165, 1.54) is 0 Å². The van der Waals surface area contributed by atoms with Gasteiger partial charge in [0.2, 0.25) is 0 Å². The third kappa shape index (κ3) is 13.9. The lowest BCUT2D eigenvalue weighted by molar-refractivity contribution is -0.144. The maximum atomic E-state index is 10.2. The van der Waals surface area contributed by atoms with Gasteiger partial charge in [0.1, 0.15) is 6.61 Å². The van der Waals surface area contributed by atoms with Crippen LogP contribution < -0.4 is 0 Å². The zero-order valence-electron chi connectivity index (χ0n) is 8.93. The molecule has 0 saturated carbocycles. The first-order chi connectivity index (χ1) is 6.45. The molecule has 0 aliphatic rings. The molecular weight excluding hydrogens is 188 g/mol. The van der Waals surface area contributed by atoms with Crippen molar-refractivity contribution >= 4 is 5.97 Å². The quantitative estimate of drug-likeness (QED) is 0.551. The van der Waals surface area contributed by atoms with E-state index in [2.05, 4.69) is 4.74 Å². The Morgan fingerprint density at radius 1 is 1.29 bits per heavy atom. The molecule has 0 aromatic rings. The van der Waals surface area contributed by atoms with Crippen molar-refractivity contribution in [2.45, 2.75) is 39.4 Å². The Morgan fingerprint density at radius 3 is 1.93 bits per heavy atom. The molecule has 14 heavy (non-hydrogen) atoms. The van der Waals surface area contributed by atoms with Crippen LogP contribution in [0.2, 0.25) is 0 Å². The van der Waals surface area contributed by atoms with Gasteiger partial charge < -0.3 is 20.1 Å². The molecule has 2 atom stereocenters. The van der Waals surface area contributed by atoms with Crippen LogP contribution in [-0.4, -0.2) is 46.7 Å². The summed E-state index contributed by atoms with van der Waals surface area (Å²) < 4.78 is 4.45. The number of carbonyl (C=O) groups is 1. The first kappa shape index (κ1) is 15.8. The monoisotopic (exact) mass is 208 g/mol. The summed E-state index contributed by atoms with van der Waals surface area (Å²) in [5.41, 5.74) is 0. The van der Waals surface area contributed by atoms with Crippen molar-refractivity contribution in [3.63, 3.8) is 0 Å². The van der Waals surface area contributed by atoms with Crippen LogP contribution >= 0.6 is 0 Å². The predicted octanol–water partition coefficient (Wildman–Crippen LogP) is -0.320. The fourth-order valence-electron chi connectivity index (χ4n) is 0.262. The molecule has 2 unspecified atom stereocenters. The molecule has 5 nitrogen and oxygen atoms in total. The number of rotatable bonds is 4. The molecule has 0 spiro atoms. The highest BCUT2D eigenvalue weighted by Gasteiger charge is 1.99. The number of esters is 1. The lowest BCUT2D eigenvalue weighted by atomic mass is 10.3. The topological polar surface area (TPSA) is 87.0 Å². The third-order valence-corrected chi connectivity index (χ3v) is 1.34. The largest absolute Gasteiger partial charge is 0.463 e. The van der Waals surface area contributed by atoms with Gasteiger partial charge in [-0.2, -0.15) is 0 Å². The van der Waals surface area contributed by atoms with Crippen LogP contribution in [-0.2, 0) is 9.53 Å². The highest BCUT2D eigenvalue weighted by Crippen LogP contribution is 1.85. The Hall–Kier alpha value is -0.650. The van der Waals surface area contributed by atoms with Crippen molar-refractivity contribution < 1.29 is 24.9 Å². The van der Waals surface area contributed by atoms with E-state index in [0.717, 1.165) is 0 Å². The van der Waals surface area contributed by atoms with E-state index < -0.39 is 12.2 Å². The van der Waals surface area contributed by atoms with Crippen LogP contribution in [0.4, 0.5) is 0 Å². The summed E-state index contributed by atoms with van der Waals surface area (Å²) in [6.45, 7) is 4.83. The van der Waals surface area contributed by atoms with E-state index in [9.17, 15) is 4.79 Å². The average molecular weight is 208 g/mol. The maximum Gasteiger partial charge on any atom is 0.305 e. The summed E-state index contributed by atoms with van der Waals surface area (Å²) in [4.78, 5) is 10.2. The van der Waals surface area contributed by atoms with Crippen molar-refractivity contribution in [2.75, 3.05) is 13.2 Å². The summed E-state index contributed by atoms with van der Waals surface area (Å²) in [7, 11) is 0. The normalized spacial score (nSPS) is 13.6. The highest BCUT2D eigenvalue weighted by atomic mass is 16.5. The van der Waals surface area contributed by atoms with Gasteiger partial charge in [-0.3, -0.25) is 4.79 Å². The lowest BCUT2D eigenvalue weighted by Gasteiger charge is -2.03. The molecule has 0 heterocycles. The molecule has 86 valence electrons. The molecule has 0 aromatic carbocycles. The zero-order valence-corrected chi connectivity index (χ0v) is 8.93. The lowest BCUT2D eigenvalue weighted by Crippen LogP contribution is -2.17. The van der Waals surface area contributed by atoms with Gasteiger partial charge in [-0.25, -0.2) is 0 Å². The second-order valence-electron chi connectivity index (χ2n) is 2.78. The zero-order chi connectivity index (χ0) is 11.6. The molecular formula is C9H20O5. The molecule has 0 amide bonds. The predicted molar refractivity (Wildman–Crippen MR) is 51.7 cm³/mol. The van der Waals surface area contributed by atoms with E-state index in [0.29, 0.717) is 6.42 Å². The molecule has 5 heteroatoms. The number of hydrogen-bond donors (Lipinski definition) is 3. The number of aliphatic hydroxyl groups is 3. The Balaban J connectivity index is 0. The third-order valence-electron chi connectivity index (χ3n) is 1.34. The molecule has 0 aliphatic heterocycles. The number of ether oxygens (including phenoxy) is 1. The van der Waals surface area contributed by atoms with E-state index >= 15 is 0 Å². The molecule has 0 bridgehead atoms. The standard InChI is InChI=1S/C5H10O3.C4H10O2/c1-2-5(7)8-4-3-6;1-3(5)4(2)6/h6H,2-4H2,1H3;3-6H,1-2H3. The van der Waals surface area contributed by atoms with E-state index in [1.54, 1.807) is 20.8 Å². The maximum absolute atomic E-state index is 10.2. The molecule has 0 saturated heterocycles. The SMILES string of the molecule is CC(O)C(C)O.CCC(=O)OCCO. The van der Waals surface area contributed by atoms with Crippen molar-refractivity contribution in [1.82, 2.24) is 0 Å². The van der Waals surface area contributed by atoms with Crippen LogP contribution in [0.3, 0.4) is 0 Å². The molecule has 0 rings (SSSR count). The van der Waals surface area contributed by atoms with Gasteiger partial charge in [0, 0.05) is 6.42 Å². The van der Waals surface area contributed by atoms with Crippen LogP contribution in [0.25, 0.3) is 0 Å². The summed E-state index contributed by atoms with van der Waals surface area (Å²) >= 11 is 0. The number of hydrogen-bond acceptors (Lipinski definition) is 5. The van der Waals surface area contributed by atoms with Crippen LogP contribution in [0.15, 0.2) is 0 Å². The Bertz CT molecular complexity index is 127.